The first-order chi connectivity index (χ1) is 19.0. The normalized spacial score (nSPS) is 17.6. The number of likely N-dealkylation sites (tertiary alicyclic amines) is 1. The number of hydrogen-bond donors (Lipinski definition) is 1. The third kappa shape index (κ3) is 4.88. The molecule has 0 aliphatic carbocycles. The minimum Gasteiger partial charge on any atom is -0.381 e. The second kappa shape index (κ2) is 11.5. The maximum atomic E-state index is 14.0. The Labute approximate surface area is 231 Å². The molecule has 2 aliphatic heterocycles. The van der Waals surface area contributed by atoms with Crippen molar-refractivity contribution in [3.63, 3.8) is 0 Å². The van der Waals surface area contributed by atoms with E-state index in [9.17, 15) is 10.1 Å². The van der Waals surface area contributed by atoms with E-state index in [1.165, 1.54) is 11.1 Å². The maximum absolute atomic E-state index is 14.0. The molecule has 4 aromatic rings. The van der Waals surface area contributed by atoms with Crippen LogP contribution in [0.25, 0.3) is 32.8 Å². The Morgan fingerprint density at radius 3 is 2.41 bits per heavy atom. The molecule has 0 unspecified atom stereocenters. The highest BCUT2D eigenvalue weighted by Gasteiger charge is 2.29. The van der Waals surface area contributed by atoms with Crippen LogP contribution in [0.2, 0.25) is 0 Å². The highest BCUT2D eigenvalue weighted by Crippen LogP contribution is 2.36. The Hall–Kier alpha value is -3.14. The summed E-state index contributed by atoms with van der Waals surface area (Å²) in [5, 5.41) is 11.8. The van der Waals surface area contributed by atoms with Crippen LogP contribution in [0.5, 0.6) is 0 Å². The van der Waals surface area contributed by atoms with E-state index in [2.05, 4.69) is 53.4 Å². The molecule has 6 rings (SSSR count). The second-order valence-corrected chi connectivity index (χ2v) is 11.1. The smallest absolute Gasteiger partial charge is 0.199 e. The number of ether oxygens (including phenoxy) is 1. The number of pyridine rings is 1. The lowest BCUT2D eigenvalue weighted by molar-refractivity contribution is 0.0251. The van der Waals surface area contributed by atoms with Gasteiger partial charge in [0.1, 0.15) is 5.65 Å². The van der Waals surface area contributed by atoms with Crippen LogP contribution in [-0.4, -0.2) is 46.8 Å². The lowest BCUT2D eigenvalue weighted by Gasteiger charge is -2.39. The number of aromatic amines is 1. The molecule has 0 spiro atoms. The zero-order valence-electron chi connectivity index (χ0n) is 24.1. The van der Waals surface area contributed by atoms with E-state index in [4.69, 9.17) is 4.74 Å². The fraction of sp³-hybridized carbons (Fsp3) is 0.515. The molecule has 6 nitrogen and oxygen atoms in total. The molecule has 2 fully saturated rings. The van der Waals surface area contributed by atoms with Crippen molar-refractivity contribution in [1.29, 1.82) is 5.26 Å². The summed E-state index contributed by atoms with van der Waals surface area (Å²) in [5.41, 5.74) is 6.09. The standard InChI is InChI=1S/C31H36N4O2.C2H6/c1-4-21-16-26-28(17-25(21)22-7-11-34(12-8-22)23-9-13-37-14-10-23)35(19(2)3)31-29(30(26)36)24-6-5-20(18-32)15-27(24)33-31;1-2/h5-6,15-17,19,22-23,33H,4,7-14H2,1-3H3;1-2H3. The van der Waals surface area contributed by atoms with E-state index in [-0.39, 0.29) is 11.5 Å². The Kier molecular flexibility index (Phi) is 8.11. The average molecular weight is 527 g/mol. The fourth-order valence-electron chi connectivity index (χ4n) is 6.80. The number of nitrogens with one attached hydrogen (secondary N) is 1. The lowest BCUT2D eigenvalue weighted by atomic mass is 9.84. The van der Waals surface area contributed by atoms with Crippen LogP contribution < -0.4 is 5.43 Å². The molecular weight excluding hydrogens is 484 g/mol. The van der Waals surface area contributed by atoms with Gasteiger partial charge >= 0.3 is 0 Å². The van der Waals surface area contributed by atoms with E-state index in [0.29, 0.717) is 17.5 Å². The molecule has 2 saturated heterocycles. The number of rotatable bonds is 4. The van der Waals surface area contributed by atoms with Crippen molar-refractivity contribution in [3.8, 4) is 6.07 Å². The molecule has 0 amide bonds. The number of benzene rings is 2. The first-order valence-electron chi connectivity index (χ1n) is 14.9. The van der Waals surface area contributed by atoms with Gasteiger partial charge in [0.25, 0.3) is 0 Å². The van der Waals surface area contributed by atoms with Gasteiger partial charge in [-0.15, -0.1) is 0 Å². The number of piperidine rings is 1. The van der Waals surface area contributed by atoms with Crippen LogP contribution >= 0.6 is 0 Å². The van der Waals surface area contributed by atoms with Gasteiger partial charge in [-0.2, -0.15) is 5.26 Å². The molecule has 0 radical (unpaired) electrons. The number of fused-ring (bicyclic) bond motifs is 4. The van der Waals surface area contributed by atoms with Crippen molar-refractivity contribution in [3.05, 3.63) is 57.2 Å². The molecule has 6 heteroatoms. The van der Waals surface area contributed by atoms with Gasteiger partial charge in [-0.1, -0.05) is 26.8 Å². The predicted molar refractivity (Wildman–Crippen MR) is 161 cm³/mol. The second-order valence-electron chi connectivity index (χ2n) is 11.1. The van der Waals surface area contributed by atoms with Crippen LogP contribution in [0.15, 0.2) is 35.1 Å². The van der Waals surface area contributed by atoms with Crippen molar-refractivity contribution in [2.45, 2.75) is 84.7 Å². The van der Waals surface area contributed by atoms with Crippen molar-refractivity contribution < 1.29 is 4.74 Å². The van der Waals surface area contributed by atoms with Gasteiger partial charge in [0.2, 0.25) is 0 Å². The molecule has 1 N–H and O–H groups in total. The Morgan fingerprint density at radius 1 is 1.05 bits per heavy atom. The molecule has 206 valence electrons. The van der Waals surface area contributed by atoms with E-state index in [0.717, 1.165) is 91.2 Å². The van der Waals surface area contributed by atoms with E-state index in [1.54, 1.807) is 6.07 Å². The number of aryl methyl sites for hydroxylation is 1. The van der Waals surface area contributed by atoms with Gasteiger partial charge in [0.15, 0.2) is 5.43 Å². The SMILES string of the molecule is CC.CCc1cc2c(=O)c3c4ccc(C#N)cc4[nH]c3n(C(C)C)c2cc1C1CCN(C2CCOCC2)CC1. The van der Waals surface area contributed by atoms with Crippen molar-refractivity contribution in [2.75, 3.05) is 26.3 Å². The van der Waals surface area contributed by atoms with Gasteiger partial charge in [0.05, 0.1) is 22.5 Å². The van der Waals surface area contributed by atoms with Crippen LogP contribution in [-0.2, 0) is 11.2 Å². The van der Waals surface area contributed by atoms with Crippen molar-refractivity contribution in [2.24, 2.45) is 0 Å². The summed E-state index contributed by atoms with van der Waals surface area (Å²) in [5.74, 6) is 0.516. The predicted octanol–water partition coefficient (Wildman–Crippen LogP) is 7.04. The number of hydrogen-bond acceptors (Lipinski definition) is 4. The summed E-state index contributed by atoms with van der Waals surface area (Å²) in [6, 6.07) is 13.1. The minimum atomic E-state index is 0.0773. The number of nitriles is 1. The quantitative estimate of drug-likeness (QED) is 0.310. The van der Waals surface area contributed by atoms with Gasteiger partial charge in [-0.25, -0.2) is 0 Å². The van der Waals surface area contributed by atoms with Crippen molar-refractivity contribution >= 4 is 32.8 Å². The van der Waals surface area contributed by atoms with Crippen LogP contribution in [0.3, 0.4) is 0 Å². The molecule has 4 heterocycles. The van der Waals surface area contributed by atoms with Crippen LogP contribution in [0, 0.1) is 11.3 Å². The molecular formula is C33H42N4O2. The molecule has 2 aliphatic rings. The maximum Gasteiger partial charge on any atom is 0.199 e. The van der Waals surface area contributed by atoms with Crippen LogP contribution in [0.4, 0.5) is 0 Å². The summed E-state index contributed by atoms with van der Waals surface area (Å²) < 4.78 is 7.87. The van der Waals surface area contributed by atoms with Crippen LogP contribution in [0.1, 0.15) is 89.0 Å². The molecule has 0 saturated carbocycles. The van der Waals surface area contributed by atoms with Gasteiger partial charge in [-0.3, -0.25) is 4.79 Å². The summed E-state index contributed by atoms with van der Waals surface area (Å²) in [4.78, 5) is 20.1. The number of nitrogens with zero attached hydrogens (tertiary/aromatic N) is 3. The van der Waals surface area contributed by atoms with E-state index >= 15 is 0 Å². The highest BCUT2D eigenvalue weighted by atomic mass is 16.5. The zero-order chi connectivity index (χ0) is 27.7. The highest BCUT2D eigenvalue weighted by molar-refractivity contribution is 6.10. The summed E-state index contributed by atoms with van der Waals surface area (Å²) in [6.45, 7) is 14.6. The largest absolute Gasteiger partial charge is 0.381 e. The van der Waals surface area contributed by atoms with Crippen molar-refractivity contribution in [1.82, 2.24) is 14.5 Å². The summed E-state index contributed by atoms with van der Waals surface area (Å²) >= 11 is 0. The molecule has 2 aromatic carbocycles. The fourth-order valence-corrected chi connectivity index (χ4v) is 6.80. The van der Waals surface area contributed by atoms with E-state index in [1.807, 2.05) is 26.0 Å². The first-order valence-corrected chi connectivity index (χ1v) is 14.9. The first kappa shape index (κ1) is 27.4. The monoisotopic (exact) mass is 526 g/mol. The molecule has 2 aromatic heterocycles. The summed E-state index contributed by atoms with van der Waals surface area (Å²) in [7, 11) is 0. The topological polar surface area (TPSA) is 74.0 Å². The molecule has 39 heavy (non-hydrogen) atoms. The Balaban J connectivity index is 0.00000151. The lowest BCUT2D eigenvalue weighted by Crippen LogP contribution is -2.43. The zero-order valence-corrected chi connectivity index (χ0v) is 24.1. The third-order valence-corrected chi connectivity index (χ3v) is 8.71. The van der Waals surface area contributed by atoms with Gasteiger partial charge in [0, 0.05) is 41.6 Å². The third-order valence-electron chi connectivity index (χ3n) is 8.71. The Bertz CT molecular complexity index is 1580. The van der Waals surface area contributed by atoms with Gasteiger partial charge < -0.3 is 19.2 Å². The summed E-state index contributed by atoms with van der Waals surface area (Å²) in [6.07, 6.45) is 5.54. The average Bonchev–Trinajstić information content (AvgIpc) is 3.36. The Morgan fingerprint density at radius 2 is 1.77 bits per heavy atom. The van der Waals surface area contributed by atoms with E-state index < -0.39 is 0 Å². The number of H-pyrrole nitrogens is 1. The molecule has 0 bridgehead atoms. The van der Waals surface area contributed by atoms with Gasteiger partial charge in [-0.05, 0) is 100 Å². The molecule has 0 atom stereocenters. The number of aromatic nitrogens is 2. The minimum absolute atomic E-state index is 0.0773.